The predicted molar refractivity (Wildman–Crippen MR) is 84.0 cm³/mol. The molecule has 0 atom stereocenters. The van der Waals surface area contributed by atoms with Crippen LogP contribution in [-0.4, -0.2) is 37.6 Å². The summed E-state index contributed by atoms with van der Waals surface area (Å²) in [6.45, 7) is 4.84. The van der Waals surface area contributed by atoms with E-state index in [9.17, 15) is 0 Å². The first-order valence-corrected chi connectivity index (χ1v) is 8.29. The van der Waals surface area contributed by atoms with Crippen molar-refractivity contribution in [2.75, 3.05) is 31.6 Å². The van der Waals surface area contributed by atoms with Crippen molar-refractivity contribution in [3.8, 4) is 0 Å². The molecule has 0 radical (unpaired) electrons. The summed E-state index contributed by atoms with van der Waals surface area (Å²) < 4.78 is 5.31. The van der Waals surface area contributed by atoms with E-state index in [1.165, 1.54) is 6.42 Å². The summed E-state index contributed by atoms with van der Waals surface area (Å²) in [6, 6.07) is 3.92. The molecule has 1 aromatic rings. The normalized spacial score (nSPS) is 11.6. The van der Waals surface area contributed by atoms with Crippen molar-refractivity contribution in [3.05, 3.63) is 24.2 Å². The number of nitrogens with zero attached hydrogens (tertiary/aromatic N) is 1. The quantitative estimate of drug-likeness (QED) is 0.415. The summed E-state index contributed by atoms with van der Waals surface area (Å²) in [4.78, 5) is 4.56. The second-order valence-corrected chi connectivity index (χ2v) is 5.25. The van der Waals surface area contributed by atoms with Crippen LogP contribution in [0.2, 0.25) is 0 Å². The molecule has 0 saturated heterocycles. The van der Waals surface area contributed by atoms with E-state index < -0.39 is 0 Å². The Morgan fingerprint density at radius 3 is 2.89 bits per heavy atom. The van der Waals surface area contributed by atoms with Crippen LogP contribution >= 0.6 is 11.8 Å². The average molecular weight is 283 g/mol. The van der Waals surface area contributed by atoms with E-state index >= 15 is 0 Å². The first-order chi connectivity index (χ1) is 9.36. The van der Waals surface area contributed by atoms with E-state index in [0.717, 1.165) is 49.9 Å². The molecule has 0 aliphatic carbocycles. The third-order valence-electron chi connectivity index (χ3n) is 2.62. The van der Waals surface area contributed by atoms with Gasteiger partial charge in [0, 0.05) is 31.8 Å². The molecule has 4 nitrogen and oxygen atoms in total. The van der Waals surface area contributed by atoms with Crippen molar-refractivity contribution in [1.29, 1.82) is 0 Å². The highest BCUT2D eigenvalue weighted by Crippen LogP contribution is 1.99. The molecule has 0 unspecified atom stereocenters. The Bertz CT molecular complexity index is 338. The molecule has 0 aliphatic heterocycles. The van der Waals surface area contributed by atoms with Crippen molar-refractivity contribution in [2.45, 2.75) is 26.2 Å². The van der Waals surface area contributed by atoms with Gasteiger partial charge in [0.25, 0.3) is 0 Å². The molecular formula is C14H25N3OS. The summed E-state index contributed by atoms with van der Waals surface area (Å²) >= 11 is 1.83. The van der Waals surface area contributed by atoms with Gasteiger partial charge >= 0.3 is 0 Å². The Morgan fingerprint density at radius 1 is 1.37 bits per heavy atom. The maximum atomic E-state index is 5.31. The van der Waals surface area contributed by atoms with Gasteiger partial charge in [-0.2, -0.15) is 11.8 Å². The minimum Gasteiger partial charge on any atom is -0.469 e. The van der Waals surface area contributed by atoms with Crippen LogP contribution in [0.3, 0.4) is 0 Å². The molecular weight excluding hydrogens is 258 g/mol. The summed E-state index contributed by atoms with van der Waals surface area (Å²) in [7, 11) is 0. The van der Waals surface area contributed by atoms with Gasteiger partial charge in [-0.3, -0.25) is 4.99 Å². The van der Waals surface area contributed by atoms with Gasteiger partial charge in [0.15, 0.2) is 5.96 Å². The Hall–Kier alpha value is -1.10. The van der Waals surface area contributed by atoms with Crippen LogP contribution in [0.25, 0.3) is 0 Å². The third-order valence-corrected chi connectivity index (χ3v) is 3.24. The van der Waals surface area contributed by atoms with Crippen molar-refractivity contribution in [2.24, 2.45) is 4.99 Å². The minimum atomic E-state index is 0.838. The highest BCUT2D eigenvalue weighted by molar-refractivity contribution is 7.98. The Balaban J connectivity index is 2.28. The molecule has 2 N–H and O–H groups in total. The van der Waals surface area contributed by atoms with Crippen LogP contribution in [0, 0.1) is 0 Å². The van der Waals surface area contributed by atoms with Crippen LogP contribution < -0.4 is 10.6 Å². The van der Waals surface area contributed by atoms with Crippen LogP contribution in [0.4, 0.5) is 0 Å². The van der Waals surface area contributed by atoms with Gasteiger partial charge in [-0.1, -0.05) is 13.3 Å². The van der Waals surface area contributed by atoms with Gasteiger partial charge in [0.1, 0.15) is 5.76 Å². The van der Waals surface area contributed by atoms with Crippen molar-refractivity contribution < 1.29 is 4.42 Å². The number of guanidine groups is 1. The first kappa shape index (κ1) is 16.0. The zero-order valence-corrected chi connectivity index (χ0v) is 12.8. The van der Waals surface area contributed by atoms with E-state index in [4.69, 9.17) is 4.42 Å². The zero-order valence-electron chi connectivity index (χ0n) is 11.9. The molecule has 0 spiro atoms. The fourth-order valence-electron chi connectivity index (χ4n) is 1.55. The number of aliphatic imine (C=N–C) groups is 1. The first-order valence-electron chi connectivity index (χ1n) is 6.90. The zero-order chi connectivity index (χ0) is 13.8. The van der Waals surface area contributed by atoms with Crippen LogP contribution in [0.5, 0.6) is 0 Å². The predicted octanol–water partition coefficient (Wildman–Crippen LogP) is 2.52. The van der Waals surface area contributed by atoms with Crippen molar-refractivity contribution in [3.63, 3.8) is 0 Å². The number of thioether (sulfide) groups is 1. The molecule has 108 valence electrons. The molecule has 1 rings (SSSR count). The number of hydrogen-bond acceptors (Lipinski definition) is 3. The van der Waals surface area contributed by atoms with Crippen molar-refractivity contribution in [1.82, 2.24) is 10.6 Å². The van der Waals surface area contributed by atoms with Gasteiger partial charge in [0.05, 0.1) is 6.26 Å². The molecule has 19 heavy (non-hydrogen) atoms. The van der Waals surface area contributed by atoms with Crippen molar-refractivity contribution >= 4 is 17.7 Å². The SMILES string of the molecule is CCCCN=C(NCCSC)NCCc1ccco1. The maximum Gasteiger partial charge on any atom is 0.191 e. The number of hydrogen-bond donors (Lipinski definition) is 2. The molecule has 1 heterocycles. The van der Waals surface area contributed by atoms with Gasteiger partial charge in [-0.25, -0.2) is 0 Å². The number of nitrogens with one attached hydrogen (secondary N) is 2. The smallest absolute Gasteiger partial charge is 0.191 e. The van der Waals surface area contributed by atoms with E-state index in [-0.39, 0.29) is 0 Å². The number of rotatable bonds is 9. The number of unbranched alkanes of at least 4 members (excludes halogenated alkanes) is 1. The van der Waals surface area contributed by atoms with Gasteiger partial charge < -0.3 is 15.1 Å². The molecule has 0 saturated carbocycles. The molecule has 0 aromatic carbocycles. The Labute approximate surface area is 120 Å². The fourth-order valence-corrected chi connectivity index (χ4v) is 1.86. The lowest BCUT2D eigenvalue weighted by atomic mass is 10.3. The molecule has 0 amide bonds. The number of furan rings is 1. The van der Waals surface area contributed by atoms with Crippen LogP contribution in [0.1, 0.15) is 25.5 Å². The molecule has 0 bridgehead atoms. The Kier molecular flexibility index (Phi) is 9.06. The van der Waals surface area contributed by atoms with Gasteiger partial charge in [-0.15, -0.1) is 0 Å². The average Bonchev–Trinajstić information content (AvgIpc) is 2.92. The van der Waals surface area contributed by atoms with E-state index in [2.05, 4.69) is 28.8 Å². The minimum absolute atomic E-state index is 0.838. The van der Waals surface area contributed by atoms with E-state index in [0.29, 0.717) is 0 Å². The molecule has 0 aliphatic rings. The lowest BCUT2D eigenvalue weighted by Crippen LogP contribution is -2.39. The summed E-state index contributed by atoms with van der Waals surface area (Å²) in [5.41, 5.74) is 0. The second-order valence-electron chi connectivity index (χ2n) is 4.26. The molecule has 1 aromatic heterocycles. The van der Waals surface area contributed by atoms with Gasteiger partial charge in [0.2, 0.25) is 0 Å². The van der Waals surface area contributed by atoms with E-state index in [1.807, 2.05) is 23.9 Å². The highest BCUT2D eigenvalue weighted by Gasteiger charge is 1.99. The lowest BCUT2D eigenvalue weighted by molar-refractivity contribution is 0.507. The summed E-state index contributed by atoms with van der Waals surface area (Å²) in [5.74, 6) is 3.01. The highest BCUT2D eigenvalue weighted by atomic mass is 32.2. The largest absolute Gasteiger partial charge is 0.469 e. The molecule has 5 heteroatoms. The standard InChI is InChI=1S/C14H25N3OS/c1-3-4-8-15-14(17-10-12-19-2)16-9-7-13-6-5-11-18-13/h5-6,11H,3-4,7-10,12H2,1-2H3,(H2,15,16,17). The topological polar surface area (TPSA) is 49.6 Å². The monoisotopic (exact) mass is 283 g/mol. The van der Waals surface area contributed by atoms with E-state index in [1.54, 1.807) is 6.26 Å². The lowest BCUT2D eigenvalue weighted by Gasteiger charge is -2.11. The summed E-state index contributed by atoms with van der Waals surface area (Å²) in [6.07, 6.45) is 7.01. The second kappa shape index (κ2) is 10.8. The third kappa shape index (κ3) is 7.82. The fraction of sp³-hybridized carbons (Fsp3) is 0.643. The maximum absolute atomic E-state index is 5.31. The van der Waals surface area contributed by atoms with Gasteiger partial charge in [-0.05, 0) is 24.8 Å². The van der Waals surface area contributed by atoms with Crippen LogP contribution in [-0.2, 0) is 6.42 Å². The molecule has 0 fully saturated rings. The van der Waals surface area contributed by atoms with Crippen LogP contribution in [0.15, 0.2) is 27.8 Å². The Morgan fingerprint density at radius 2 is 2.21 bits per heavy atom. The summed E-state index contributed by atoms with van der Waals surface area (Å²) in [5, 5.41) is 6.69.